The first-order chi connectivity index (χ1) is 12.4. The Bertz CT molecular complexity index is 1080. The van der Waals surface area contributed by atoms with Crippen LogP contribution in [-0.2, 0) is 13.1 Å². The molecule has 6 nitrogen and oxygen atoms in total. The second-order valence-corrected chi connectivity index (χ2v) is 6.51. The molecule has 2 aromatic heterocycles. The van der Waals surface area contributed by atoms with Crippen molar-refractivity contribution in [3.8, 4) is 11.3 Å². The van der Waals surface area contributed by atoms with Crippen molar-refractivity contribution in [3.63, 3.8) is 0 Å². The van der Waals surface area contributed by atoms with Gasteiger partial charge >= 0.3 is 5.97 Å². The smallest absolute Gasteiger partial charge is 0.341 e. The Morgan fingerprint density at radius 2 is 2.15 bits per heavy atom. The molecule has 2 N–H and O–H groups in total. The van der Waals surface area contributed by atoms with Crippen LogP contribution in [0.15, 0.2) is 22.4 Å². The number of aromatic carboxylic acids is 1. The molecule has 0 aliphatic heterocycles. The number of hydrogen-bond donors (Lipinski definition) is 2. The number of carboxylic acids is 1. The van der Waals surface area contributed by atoms with E-state index in [1.807, 2.05) is 0 Å². The van der Waals surface area contributed by atoms with Crippen molar-refractivity contribution in [1.82, 2.24) is 14.9 Å². The summed E-state index contributed by atoms with van der Waals surface area (Å²) in [5.74, 6) is -3.34. The van der Waals surface area contributed by atoms with Crippen LogP contribution >= 0.6 is 11.3 Å². The molecular formula is C17H15F2N3O3S. The summed E-state index contributed by atoms with van der Waals surface area (Å²) in [7, 11) is 1.73. The molecule has 3 aromatic rings. The van der Waals surface area contributed by atoms with Gasteiger partial charge in [0.2, 0.25) is 5.43 Å². The first-order valence-corrected chi connectivity index (χ1v) is 8.64. The Kier molecular flexibility index (Phi) is 4.84. The van der Waals surface area contributed by atoms with Crippen molar-refractivity contribution in [2.24, 2.45) is 0 Å². The predicted octanol–water partition coefficient (Wildman–Crippen LogP) is 2.84. The molecule has 3 rings (SSSR count). The van der Waals surface area contributed by atoms with Crippen LogP contribution in [0.1, 0.15) is 22.3 Å². The van der Waals surface area contributed by atoms with E-state index in [0.717, 1.165) is 12.3 Å². The van der Waals surface area contributed by atoms with Gasteiger partial charge in [0, 0.05) is 24.7 Å². The van der Waals surface area contributed by atoms with Crippen LogP contribution in [0, 0.1) is 11.6 Å². The van der Waals surface area contributed by atoms with Gasteiger partial charge in [-0.2, -0.15) is 0 Å². The van der Waals surface area contributed by atoms with E-state index in [2.05, 4.69) is 10.3 Å². The van der Waals surface area contributed by atoms with E-state index in [4.69, 9.17) is 5.11 Å². The molecule has 0 spiro atoms. The monoisotopic (exact) mass is 379 g/mol. The minimum absolute atomic E-state index is 0.134. The summed E-state index contributed by atoms with van der Waals surface area (Å²) < 4.78 is 31.1. The van der Waals surface area contributed by atoms with E-state index in [0.29, 0.717) is 11.6 Å². The fraction of sp³-hybridized carbons (Fsp3) is 0.235. The highest BCUT2D eigenvalue weighted by Gasteiger charge is 2.23. The number of aryl methyl sites for hydroxylation is 1. The third-order valence-electron chi connectivity index (χ3n) is 3.96. The van der Waals surface area contributed by atoms with Gasteiger partial charge in [0.25, 0.3) is 0 Å². The van der Waals surface area contributed by atoms with E-state index in [-0.39, 0.29) is 28.7 Å². The SMILES string of the molecule is CCn1cc(C(=O)O)c(=O)c2cc(F)c(-c3csc(CNC)n3)c(F)c21. The van der Waals surface area contributed by atoms with Crippen LogP contribution < -0.4 is 10.7 Å². The van der Waals surface area contributed by atoms with E-state index < -0.39 is 28.6 Å². The van der Waals surface area contributed by atoms with Crippen molar-refractivity contribution < 1.29 is 18.7 Å². The molecule has 0 aliphatic carbocycles. The third-order valence-corrected chi connectivity index (χ3v) is 4.81. The molecule has 0 saturated heterocycles. The molecule has 0 unspecified atom stereocenters. The lowest BCUT2D eigenvalue weighted by Gasteiger charge is -2.13. The van der Waals surface area contributed by atoms with Gasteiger partial charge in [0.1, 0.15) is 16.4 Å². The minimum atomic E-state index is -1.44. The van der Waals surface area contributed by atoms with Crippen LogP contribution in [0.25, 0.3) is 22.2 Å². The zero-order valence-corrected chi connectivity index (χ0v) is 14.8. The molecule has 9 heteroatoms. The molecular weight excluding hydrogens is 364 g/mol. The van der Waals surface area contributed by atoms with Gasteiger partial charge < -0.3 is 15.0 Å². The lowest BCUT2D eigenvalue weighted by Crippen LogP contribution is -2.20. The van der Waals surface area contributed by atoms with Crippen molar-refractivity contribution in [2.45, 2.75) is 20.0 Å². The average Bonchev–Trinajstić information content (AvgIpc) is 3.04. The number of halogens is 2. The average molecular weight is 379 g/mol. The summed E-state index contributed by atoms with van der Waals surface area (Å²) in [5.41, 5.74) is -1.79. The lowest BCUT2D eigenvalue weighted by atomic mass is 10.0. The lowest BCUT2D eigenvalue weighted by molar-refractivity contribution is 0.0695. The maximum absolute atomic E-state index is 15.2. The number of nitrogens with one attached hydrogen (secondary N) is 1. The standard InChI is InChI=1S/C17H15F2N3O3S/c1-3-22-6-9(17(24)25)16(23)8-4-10(18)13(14(19)15(8)22)11-7-26-12(21-11)5-20-2/h4,6-7,20H,3,5H2,1-2H3,(H,24,25). The quantitative estimate of drug-likeness (QED) is 0.712. The van der Waals surface area contributed by atoms with E-state index in [9.17, 15) is 14.0 Å². The summed E-state index contributed by atoms with van der Waals surface area (Å²) in [5, 5.41) is 14.0. The number of benzene rings is 1. The molecule has 0 aliphatic rings. The highest BCUT2D eigenvalue weighted by Crippen LogP contribution is 2.32. The normalized spacial score (nSPS) is 11.2. The summed E-state index contributed by atoms with van der Waals surface area (Å²) >= 11 is 1.26. The molecule has 0 fully saturated rings. The van der Waals surface area contributed by atoms with Gasteiger partial charge in [-0.25, -0.2) is 18.6 Å². The summed E-state index contributed by atoms with van der Waals surface area (Å²) in [6, 6.07) is 0.881. The van der Waals surface area contributed by atoms with Crippen molar-refractivity contribution in [1.29, 1.82) is 0 Å². The Balaban J connectivity index is 2.35. The van der Waals surface area contributed by atoms with Crippen molar-refractivity contribution >= 4 is 28.2 Å². The number of nitrogens with zero attached hydrogens (tertiary/aromatic N) is 2. The molecule has 136 valence electrons. The fourth-order valence-corrected chi connectivity index (χ4v) is 3.58. The van der Waals surface area contributed by atoms with Gasteiger partial charge in [-0.15, -0.1) is 11.3 Å². The van der Waals surface area contributed by atoms with E-state index in [1.54, 1.807) is 19.4 Å². The number of carboxylic acid groups (broad SMARTS) is 1. The molecule has 0 radical (unpaired) electrons. The molecule has 2 heterocycles. The topological polar surface area (TPSA) is 84.2 Å². The first-order valence-electron chi connectivity index (χ1n) is 7.76. The zero-order valence-electron chi connectivity index (χ0n) is 14.0. The minimum Gasteiger partial charge on any atom is -0.477 e. The number of hydrogen-bond acceptors (Lipinski definition) is 5. The third kappa shape index (κ3) is 2.89. The van der Waals surface area contributed by atoms with Gasteiger partial charge in [0.05, 0.1) is 22.2 Å². The molecule has 0 bridgehead atoms. The number of thiazole rings is 1. The maximum atomic E-state index is 15.2. The van der Waals surface area contributed by atoms with Gasteiger partial charge in [0.15, 0.2) is 5.82 Å². The Labute approximate surface area is 150 Å². The summed E-state index contributed by atoms with van der Waals surface area (Å²) in [6.45, 7) is 2.34. The van der Waals surface area contributed by atoms with Crippen LogP contribution in [-0.4, -0.2) is 27.7 Å². The maximum Gasteiger partial charge on any atom is 0.341 e. The Morgan fingerprint density at radius 3 is 2.77 bits per heavy atom. The molecule has 1 aromatic carbocycles. The van der Waals surface area contributed by atoms with Crippen LogP contribution in [0.3, 0.4) is 0 Å². The number of fused-ring (bicyclic) bond motifs is 1. The first kappa shape index (κ1) is 18.2. The van der Waals surface area contributed by atoms with Gasteiger partial charge in [-0.3, -0.25) is 4.79 Å². The van der Waals surface area contributed by atoms with Crippen LogP contribution in [0.2, 0.25) is 0 Å². The predicted molar refractivity (Wildman–Crippen MR) is 94.6 cm³/mol. The van der Waals surface area contributed by atoms with Crippen LogP contribution in [0.5, 0.6) is 0 Å². The number of pyridine rings is 1. The molecule has 26 heavy (non-hydrogen) atoms. The van der Waals surface area contributed by atoms with E-state index in [1.165, 1.54) is 15.9 Å². The zero-order chi connectivity index (χ0) is 19.0. The Hall–Kier alpha value is -2.65. The van der Waals surface area contributed by atoms with Crippen molar-refractivity contribution in [2.75, 3.05) is 7.05 Å². The molecule has 0 atom stereocenters. The number of carbonyl (C=O) groups is 1. The summed E-state index contributed by atoms with van der Waals surface area (Å²) in [4.78, 5) is 27.8. The molecule has 0 saturated carbocycles. The fourth-order valence-electron chi connectivity index (χ4n) is 2.78. The highest BCUT2D eigenvalue weighted by atomic mass is 32.1. The number of rotatable bonds is 5. The molecule has 0 amide bonds. The highest BCUT2D eigenvalue weighted by molar-refractivity contribution is 7.09. The second kappa shape index (κ2) is 6.93. The van der Waals surface area contributed by atoms with E-state index >= 15 is 4.39 Å². The largest absolute Gasteiger partial charge is 0.477 e. The van der Waals surface area contributed by atoms with Crippen molar-refractivity contribution in [3.05, 3.63) is 50.1 Å². The Morgan fingerprint density at radius 1 is 1.42 bits per heavy atom. The van der Waals surface area contributed by atoms with Gasteiger partial charge in [-0.1, -0.05) is 0 Å². The number of aromatic nitrogens is 2. The van der Waals surface area contributed by atoms with Gasteiger partial charge in [-0.05, 0) is 20.0 Å². The second-order valence-electron chi connectivity index (χ2n) is 5.56. The van der Waals surface area contributed by atoms with Crippen LogP contribution in [0.4, 0.5) is 8.78 Å². The summed E-state index contributed by atoms with van der Waals surface area (Å²) in [6.07, 6.45) is 1.07.